The molecule has 1 saturated carbocycles. The van der Waals surface area contributed by atoms with Gasteiger partial charge in [0.15, 0.2) is 5.78 Å². The van der Waals surface area contributed by atoms with Gasteiger partial charge in [-0.05, 0) is 30.9 Å². The number of hydrogen-bond acceptors (Lipinski definition) is 1. The lowest BCUT2D eigenvalue weighted by atomic mass is 9.93. The highest BCUT2D eigenvalue weighted by Crippen LogP contribution is 2.41. The van der Waals surface area contributed by atoms with Crippen LogP contribution >= 0.6 is 0 Å². The van der Waals surface area contributed by atoms with Gasteiger partial charge in [0.1, 0.15) is 0 Å². The van der Waals surface area contributed by atoms with Crippen LogP contribution in [0.5, 0.6) is 0 Å². The number of aromatic nitrogens is 1. The zero-order chi connectivity index (χ0) is 15.8. The van der Waals surface area contributed by atoms with Gasteiger partial charge < -0.3 is 4.98 Å². The molecule has 1 aromatic heterocycles. The van der Waals surface area contributed by atoms with E-state index in [9.17, 15) is 4.79 Å². The van der Waals surface area contributed by atoms with Crippen molar-refractivity contribution in [3.63, 3.8) is 0 Å². The lowest BCUT2D eigenvalue weighted by molar-refractivity contribution is 0.0968. The van der Waals surface area contributed by atoms with Crippen molar-refractivity contribution in [2.75, 3.05) is 0 Å². The van der Waals surface area contributed by atoms with Crippen LogP contribution < -0.4 is 0 Å². The van der Waals surface area contributed by atoms with Gasteiger partial charge in [-0.3, -0.25) is 4.79 Å². The van der Waals surface area contributed by atoms with Crippen molar-refractivity contribution in [2.24, 2.45) is 5.92 Å². The Balaban J connectivity index is 1.96. The van der Waals surface area contributed by atoms with Gasteiger partial charge in [-0.25, -0.2) is 0 Å². The van der Waals surface area contributed by atoms with E-state index < -0.39 is 0 Å². The number of benzene rings is 2. The Hall–Kier alpha value is -2.61. The van der Waals surface area contributed by atoms with E-state index in [1.807, 2.05) is 43.3 Å². The van der Waals surface area contributed by atoms with Crippen molar-refractivity contribution < 1.29 is 4.79 Å². The molecule has 0 atom stereocenters. The minimum absolute atomic E-state index is 0.218. The molecule has 23 heavy (non-hydrogen) atoms. The number of carbonyl (C=O) groups is 1. The molecular formula is C21H19NO. The van der Waals surface area contributed by atoms with Gasteiger partial charge >= 0.3 is 0 Å². The summed E-state index contributed by atoms with van der Waals surface area (Å²) in [6, 6.07) is 20.5. The fourth-order valence-corrected chi connectivity index (χ4v) is 3.20. The molecule has 114 valence electrons. The number of carbonyl (C=O) groups excluding carboxylic acids is 1. The molecule has 1 aliphatic carbocycles. The summed E-state index contributed by atoms with van der Waals surface area (Å²) in [6.07, 6.45) is 2.05. The molecule has 3 aromatic rings. The van der Waals surface area contributed by atoms with Crippen molar-refractivity contribution in [1.29, 1.82) is 0 Å². The maximum absolute atomic E-state index is 12.8. The van der Waals surface area contributed by atoms with E-state index in [1.54, 1.807) is 0 Å². The number of nitrogens with one attached hydrogen (secondary N) is 1. The Morgan fingerprint density at radius 2 is 1.48 bits per heavy atom. The third-order valence-electron chi connectivity index (χ3n) is 4.51. The van der Waals surface area contributed by atoms with E-state index in [2.05, 4.69) is 29.2 Å². The van der Waals surface area contributed by atoms with Crippen LogP contribution in [0.3, 0.4) is 0 Å². The van der Waals surface area contributed by atoms with Crippen LogP contribution in [-0.4, -0.2) is 10.8 Å². The molecule has 0 bridgehead atoms. The molecule has 0 aliphatic heterocycles. The molecule has 4 rings (SSSR count). The fraction of sp³-hybridized carbons (Fsp3) is 0.190. The lowest BCUT2D eigenvalue weighted by Gasteiger charge is -2.08. The Bertz CT molecular complexity index is 842. The normalized spacial score (nSPS) is 14.0. The van der Waals surface area contributed by atoms with Crippen molar-refractivity contribution in [1.82, 2.24) is 4.98 Å². The van der Waals surface area contributed by atoms with Crippen molar-refractivity contribution >= 4 is 5.78 Å². The van der Waals surface area contributed by atoms with Crippen LogP contribution in [0.1, 0.15) is 28.9 Å². The fourth-order valence-electron chi connectivity index (χ4n) is 3.20. The second kappa shape index (κ2) is 5.54. The molecule has 0 radical (unpaired) electrons. The summed E-state index contributed by atoms with van der Waals surface area (Å²) in [4.78, 5) is 16.3. The van der Waals surface area contributed by atoms with Crippen LogP contribution in [0.2, 0.25) is 0 Å². The van der Waals surface area contributed by atoms with E-state index in [4.69, 9.17) is 0 Å². The topological polar surface area (TPSA) is 32.9 Å². The Morgan fingerprint density at radius 3 is 2.04 bits per heavy atom. The summed E-state index contributed by atoms with van der Waals surface area (Å²) in [7, 11) is 0. The standard InChI is InChI=1S/C21H19NO/c1-14-18(21(23)17-12-13-17)19(15-8-4-2-5-9-15)20(22-14)16-10-6-3-7-11-16/h2-11,17,22H,12-13H2,1H3. The number of aryl methyl sites for hydroxylation is 1. The van der Waals surface area contributed by atoms with E-state index in [1.165, 1.54) is 0 Å². The number of rotatable bonds is 4. The highest BCUT2D eigenvalue weighted by molar-refractivity contribution is 6.09. The zero-order valence-electron chi connectivity index (χ0n) is 13.2. The van der Waals surface area contributed by atoms with Gasteiger partial charge in [-0.2, -0.15) is 0 Å². The second-order valence-corrected chi connectivity index (χ2v) is 6.25. The molecule has 2 aromatic carbocycles. The first-order valence-corrected chi connectivity index (χ1v) is 8.13. The SMILES string of the molecule is Cc1[nH]c(-c2ccccc2)c(-c2ccccc2)c1C(=O)C1CC1. The Morgan fingerprint density at radius 1 is 0.913 bits per heavy atom. The molecule has 1 fully saturated rings. The van der Waals surface area contributed by atoms with Crippen LogP contribution in [0.25, 0.3) is 22.4 Å². The predicted molar refractivity (Wildman–Crippen MR) is 93.5 cm³/mol. The van der Waals surface area contributed by atoms with Gasteiger partial charge in [0.2, 0.25) is 0 Å². The molecule has 0 saturated heterocycles. The van der Waals surface area contributed by atoms with Crippen molar-refractivity contribution in [3.05, 3.63) is 71.9 Å². The number of hydrogen-bond donors (Lipinski definition) is 1. The number of ketones is 1. The van der Waals surface area contributed by atoms with Gasteiger partial charge in [0, 0.05) is 22.7 Å². The molecular weight excluding hydrogens is 282 g/mol. The minimum atomic E-state index is 0.218. The molecule has 1 N–H and O–H groups in total. The van der Waals surface area contributed by atoms with E-state index in [0.29, 0.717) is 5.78 Å². The molecule has 2 heteroatoms. The van der Waals surface area contributed by atoms with Crippen LogP contribution in [0.4, 0.5) is 0 Å². The largest absolute Gasteiger partial charge is 0.357 e. The molecule has 0 spiro atoms. The Labute approximate surface area is 136 Å². The molecule has 2 nitrogen and oxygen atoms in total. The van der Waals surface area contributed by atoms with E-state index in [0.717, 1.165) is 46.5 Å². The van der Waals surface area contributed by atoms with Gasteiger partial charge in [-0.1, -0.05) is 60.7 Å². The molecule has 0 unspecified atom stereocenters. The highest BCUT2D eigenvalue weighted by atomic mass is 16.1. The predicted octanol–water partition coefficient (Wildman–Crippen LogP) is 5.25. The summed E-state index contributed by atoms with van der Waals surface area (Å²) in [6.45, 7) is 2.01. The number of H-pyrrole nitrogens is 1. The quantitative estimate of drug-likeness (QED) is 0.656. The number of Topliss-reactive ketones (excluding diaryl/α,β-unsaturated/α-hetero) is 1. The van der Waals surface area contributed by atoms with Crippen LogP contribution in [-0.2, 0) is 0 Å². The summed E-state index contributed by atoms with van der Waals surface area (Å²) in [5, 5.41) is 0. The molecule has 1 aliphatic rings. The van der Waals surface area contributed by atoms with Crippen LogP contribution in [0.15, 0.2) is 60.7 Å². The minimum Gasteiger partial charge on any atom is -0.357 e. The first-order chi connectivity index (χ1) is 11.3. The smallest absolute Gasteiger partial charge is 0.168 e. The van der Waals surface area contributed by atoms with E-state index >= 15 is 0 Å². The average molecular weight is 301 g/mol. The monoisotopic (exact) mass is 301 g/mol. The van der Waals surface area contributed by atoms with Crippen molar-refractivity contribution in [2.45, 2.75) is 19.8 Å². The maximum Gasteiger partial charge on any atom is 0.168 e. The number of aromatic amines is 1. The molecule has 1 heterocycles. The lowest BCUT2D eigenvalue weighted by Crippen LogP contribution is -2.03. The average Bonchev–Trinajstić information content (AvgIpc) is 3.39. The van der Waals surface area contributed by atoms with Gasteiger partial charge in [0.25, 0.3) is 0 Å². The molecule has 0 amide bonds. The summed E-state index contributed by atoms with van der Waals surface area (Å²) < 4.78 is 0. The van der Waals surface area contributed by atoms with Gasteiger partial charge in [-0.15, -0.1) is 0 Å². The second-order valence-electron chi connectivity index (χ2n) is 6.25. The highest BCUT2D eigenvalue weighted by Gasteiger charge is 2.34. The summed E-state index contributed by atoms with van der Waals surface area (Å²) in [5.41, 5.74) is 6.14. The maximum atomic E-state index is 12.8. The third-order valence-corrected chi connectivity index (χ3v) is 4.51. The first kappa shape index (κ1) is 14.0. The van der Waals surface area contributed by atoms with Crippen molar-refractivity contribution in [3.8, 4) is 22.4 Å². The van der Waals surface area contributed by atoms with Crippen LogP contribution in [0, 0.1) is 12.8 Å². The summed E-state index contributed by atoms with van der Waals surface area (Å²) >= 11 is 0. The van der Waals surface area contributed by atoms with Gasteiger partial charge in [0.05, 0.1) is 5.69 Å². The third kappa shape index (κ3) is 2.50. The summed E-state index contributed by atoms with van der Waals surface area (Å²) in [5.74, 6) is 0.510. The first-order valence-electron chi connectivity index (χ1n) is 8.13. The Kier molecular flexibility index (Phi) is 3.38. The zero-order valence-corrected chi connectivity index (χ0v) is 13.2. The van der Waals surface area contributed by atoms with E-state index in [-0.39, 0.29) is 5.92 Å².